The summed E-state index contributed by atoms with van der Waals surface area (Å²) in [6.45, 7) is 6.66. The fourth-order valence-electron chi connectivity index (χ4n) is 3.09. The van der Waals surface area contributed by atoms with Crippen molar-refractivity contribution in [2.75, 3.05) is 27.7 Å². The van der Waals surface area contributed by atoms with Gasteiger partial charge in [0.05, 0.1) is 6.54 Å². The first-order valence-electron chi connectivity index (χ1n) is 8.44. The standard InChI is InChI=1S/C16H30N6O/c1-12(2)9-13(10-20(3)4)17-16(23)21(5)11-15-19-18-14-7-6-8-22(14)15/h12-13H,6-11H2,1-5H3,(H,17,23). The number of amides is 2. The van der Waals surface area contributed by atoms with Crippen molar-refractivity contribution >= 4 is 6.03 Å². The molecular weight excluding hydrogens is 292 g/mol. The number of nitrogens with zero attached hydrogens (tertiary/aromatic N) is 5. The predicted molar refractivity (Wildman–Crippen MR) is 90.1 cm³/mol. The van der Waals surface area contributed by atoms with Crippen LogP contribution in [-0.2, 0) is 19.5 Å². The highest BCUT2D eigenvalue weighted by Crippen LogP contribution is 2.15. The van der Waals surface area contributed by atoms with Crippen molar-refractivity contribution in [1.82, 2.24) is 29.9 Å². The fraction of sp³-hybridized carbons (Fsp3) is 0.812. The van der Waals surface area contributed by atoms with Crippen molar-refractivity contribution in [2.24, 2.45) is 5.92 Å². The minimum Gasteiger partial charge on any atom is -0.334 e. The Morgan fingerprint density at radius 1 is 1.30 bits per heavy atom. The van der Waals surface area contributed by atoms with Gasteiger partial charge in [0.1, 0.15) is 5.82 Å². The highest BCUT2D eigenvalue weighted by atomic mass is 16.2. The monoisotopic (exact) mass is 322 g/mol. The molecule has 1 aromatic rings. The number of hydrogen-bond acceptors (Lipinski definition) is 4. The van der Waals surface area contributed by atoms with E-state index < -0.39 is 0 Å². The second kappa shape index (κ2) is 7.77. The van der Waals surface area contributed by atoms with Gasteiger partial charge in [0.25, 0.3) is 0 Å². The predicted octanol–water partition coefficient (Wildman–Crippen LogP) is 1.34. The summed E-state index contributed by atoms with van der Waals surface area (Å²) in [5, 5.41) is 11.6. The lowest BCUT2D eigenvalue weighted by Crippen LogP contribution is -2.47. The SMILES string of the molecule is CC(C)CC(CN(C)C)NC(=O)N(C)Cc1nnc2n1CCC2. The largest absolute Gasteiger partial charge is 0.334 e. The van der Waals surface area contributed by atoms with Crippen LogP contribution in [0.1, 0.15) is 38.3 Å². The highest BCUT2D eigenvalue weighted by Gasteiger charge is 2.21. The molecular formula is C16H30N6O. The maximum atomic E-state index is 12.5. The Hall–Kier alpha value is -1.63. The molecule has 1 aliphatic heterocycles. The molecule has 2 rings (SSSR count). The van der Waals surface area contributed by atoms with E-state index in [9.17, 15) is 4.79 Å². The molecule has 130 valence electrons. The van der Waals surface area contributed by atoms with E-state index in [0.717, 1.165) is 44.0 Å². The van der Waals surface area contributed by atoms with Gasteiger partial charge in [-0.25, -0.2) is 4.79 Å². The molecule has 23 heavy (non-hydrogen) atoms. The molecule has 0 fully saturated rings. The number of fused-ring (bicyclic) bond motifs is 1. The molecule has 0 aromatic carbocycles. The molecule has 0 aliphatic carbocycles. The Bertz CT molecular complexity index is 515. The minimum absolute atomic E-state index is 0.0483. The van der Waals surface area contributed by atoms with E-state index in [0.29, 0.717) is 12.5 Å². The summed E-state index contributed by atoms with van der Waals surface area (Å²) in [5.41, 5.74) is 0. The number of carbonyl (C=O) groups excluding carboxylic acids is 1. The topological polar surface area (TPSA) is 66.3 Å². The zero-order valence-electron chi connectivity index (χ0n) is 15.0. The van der Waals surface area contributed by atoms with Crippen LogP contribution < -0.4 is 5.32 Å². The molecule has 2 heterocycles. The first kappa shape index (κ1) is 17.7. The summed E-state index contributed by atoms with van der Waals surface area (Å²) in [7, 11) is 5.87. The Balaban J connectivity index is 1.92. The number of likely N-dealkylation sites (N-methyl/N-ethyl adjacent to an activating group) is 1. The van der Waals surface area contributed by atoms with Gasteiger partial charge in [-0.3, -0.25) is 0 Å². The molecule has 0 saturated carbocycles. The first-order valence-corrected chi connectivity index (χ1v) is 8.44. The van der Waals surface area contributed by atoms with Crippen molar-refractivity contribution in [3.05, 3.63) is 11.6 Å². The van der Waals surface area contributed by atoms with E-state index in [1.165, 1.54) is 0 Å². The smallest absolute Gasteiger partial charge is 0.317 e. The summed E-state index contributed by atoms with van der Waals surface area (Å²) in [6, 6.07) is 0.108. The van der Waals surface area contributed by atoms with Gasteiger partial charge in [-0.2, -0.15) is 0 Å². The van der Waals surface area contributed by atoms with Gasteiger partial charge < -0.3 is 19.7 Å². The van der Waals surface area contributed by atoms with Gasteiger partial charge >= 0.3 is 6.03 Å². The van der Waals surface area contributed by atoms with Crippen LogP contribution in [0.25, 0.3) is 0 Å². The third kappa shape index (κ3) is 4.92. The van der Waals surface area contributed by atoms with Crippen molar-refractivity contribution in [2.45, 2.75) is 52.2 Å². The quantitative estimate of drug-likeness (QED) is 0.823. The van der Waals surface area contributed by atoms with Crippen molar-refractivity contribution < 1.29 is 4.79 Å². The van der Waals surface area contributed by atoms with E-state index in [4.69, 9.17) is 0 Å². The molecule has 1 unspecified atom stereocenters. The van der Waals surface area contributed by atoms with Crippen molar-refractivity contribution in [3.63, 3.8) is 0 Å². The summed E-state index contributed by atoms with van der Waals surface area (Å²) in [5.74, 6) is 2.47. The molecule has 1 atom stereocenters. The lowest BCUT2D eigenvalue weighted by Gasteiger charge is -2.26. The maximum absolute atomic E-state index is 12.5. The van der Waals surface area contributed by atoms with Crippen LogP contribution in [0.5, 0.6) is 0 Å². The number of urea groups is 1. The zero-order chi connectivity index (χ0) is 17.0. The van der Waals surface area contributed by atoms with E-state index in [1.54, 1.807) is 4.90 Å². The van der Waals surface area contributed by atoms with Gasteiger partial charge in [0, 0.05) is 32.6 Å². The van der Waals surface area contributed by atoms with E-state index in [1.807, 2.05) is 21.1 Å². The molecule has 7 heteroatoms. The average Bonchev–Trinajstić information content (AvgIpc) is 3.01. The molecule has 2 amide bonds. The van der Waals surface area contributed by atoms with Crippen LogP contribution in [0, 0.1) is 5.92 Å². The molecule has 7 nitrogen and oxygen atoms in total. The van der Waals surface area contributed by atoms with Crippen LogP contribution in [-0.4, -0.2) is 64.3 Å². The van der Waals surface area contributed by atoms with Gasteiger partial charge in [-0.1, -0.05) is 13.8 Å². The van der Waals surface area contributed by atoms with Crippen molar-refractivity contribution in [3.8, 4) is 0 Å². The maximum Gasteiger partial charge on any atom is 0.317 e. The second-order valence-electron chi connectivity index (χ2n) is 7.18. The van der Waals surface area contributed by atoms with Crippen molar-refractivity contribution in [1.29, 1.82) is 0 Å². The lowest BCUT2D eigenvalue weighted by atomic mass is 10.0. The Kier molecular flexibility index (Phi) is 5.98. The van der Waals surface area contributed by atoms with E-state index in [-0.39, 0.29) is 12.1 Å². The van der Waals surface area contributed by atoms with Gasteiger partial charge in [-0.15, -0.1) is 10.2 Å². The van der Waals surface area contributed by atoms with Crippen LogP contribution in [0.4, 0.5) is 4.79 Å². The van der Waals surface area contributed by atoms with Crippen LogP contribution in [0.3, 0.4) is 0 Å². The van der Waals surface area contributed by atoms with Gasteiger partial charge in [-0.05, 0) is 32.9 Å². The van der Waals surface area contributed by atoms with Crippen LogP contribution in [0.15, 0.2) is 0 Å². The summed E-state index contributed by atoms with van der Waals surface area (Å²) in [6.07, 6.45) is 3.08. The molecule has 0 bridgehead atoms. The number of carbonyl (C=O) groups is 1. The third-order valence-electron chi connectivity index (χ3n) is 4.08. The lowest BCUT2D eigenvalue weighted by molar-refractivity contribution is 0.194. The summed E-state index contributed by atoms with van der Waals surface area (Å²) in [4.78, 5) is 16.3. The Morgan fingerprint density at radius 3 is 2.70 bits per heavy atom. The number of rotatable bonds is 7. The Morgan fingerprint density at radius 2 is 2.04 bits per heavy atom. The molecule has 0 spiro atoms. The van der Waals surface area contributed by atoms with Gasteiger partial charge in [0.2, 0.25) is 0 Å². The van der Waals surface area contributed by atoms with Crippen LogP contribution >= 0.6 is 0 Å². The average molecular weight is 322 g/mol. The molecule has 1 aliphatic rings. The Labute approximate surface area is 139 Å². The van der Waals surface area contributed by atoms with E-state index >= 15 is 0 Å². The molecule has 0 saturated heterocycles. The number of aromatic nitrogens is 3. The molecule has 1 N–H and O–H groups in total. The fourth-order valence-corrected chi connectivity index (χ4v) is 3.09. The normalized spacial score (nSPS) is 15.1. The summed E-state index contributed by atoms with van der Waals surface area (Å²) >= 11 is 0. The summed E-state index contributed by atoms with van der Waals surface area (Å²) < 4.78 is 2.13. The number of nitrogens with one attached hydrogen (secondary N) is 1. The number of hydrogen-bond donors (Lipinski definition) is 1. The number of aryl methyl sites for hydroxylation is 1. The zero-order valence-corrected chi connectivity index (χ0v) is 15.0. The first-order chi connectivity index (χ1) is 10.9. The van der Waals surface area contributed by atoms with E-state index in [2.05, 4.69) is 38.8 Å². The highest BCUT2D eigenvalue weighted by molar-refractivity contribution is 5.74. The minimum atomic E-state index is -0.0483. The third-order valence-corrected chi connectivity index (χ3v) is 4.08. The second-order valence-corrected chi connectivity index (χ2v) is 7.18. The molecule has 0 radical (unpaired) electrons. The van der Waals surface area contributed by atoms with Gasteiger partial charge in [0.15, 0.2) is 5.82 Å². The van der Waals surface area contributed by atoms with Crippen LogP contribution in [0.2, 0.25) is 0 Å². The molecule has 1 aromatic heterocycles.